The molecule has 0 aliphatic rings. The zero-order valence-electron chi connectivity index (χ0n) is 8.00. The van der Waals surface area contributed by atoms with Gasteiger partial charge in [0.05, 0.1) is 0 Å². The van der Waals surface area contributed by atoms with Gasteiger partial charge in [-0.05, 0) is 24.1 Å². The van der Waals surface area contributed by atoms with E-state index in [1.54, 1.807) is 6.07 Å². The Bertz CT molecular complexity index is 317. The van der Waals surface area contributed by atoms with E-state index in [4.69, 9.17) is 23.1 Å². The molecular weight excluding hydrogens is 203 g/mol. The molecule has 0 unspecified atom stereocenters. The summed E-state index contributed by atoms with van der Waals surface area (Å²) in [7, 11) is 0. The van der Waals surface area contributed by atoms with Gasteiger partial charge in [-0.3, -0.25) is 0 Å². The van der Waals surface area contributed by atoms with Crippen LogP contribution in [0.1, 0.15) is 24.9 Å². The summed E-state index contributed by atoms with van der Waals surface area (Å²) in [4.78, 5) is 0. The van der Waals surface area contributed by atoms with Crippen LogP contribution in [-0.2, 0) is 0 Å². The third kappa shape index (κ3) is 2.44. The smallest absolute Gasteiger partial charge is 0.124 e. The molecule has 1 aromatic rings. The topological polar surface area (TPSA) is 52.0 Å². The summed E-state index contributed by atoms with van der Waals surface area (Å²) >= 11 is 5.85. The van der Waals surface area contributed by atoms with E-state index in [-0.39, 0.29) is 17.9 Å². The van der Waals surface area contributed by atoms with Crippen LogP contribution in [0.3, 0.4) is 0 Å². The first-order chi connectivity index (χ1) is 6.56. The second kappa shape index (κ2) is 4.73. The summed E-state index contributed by atoms with van der Waals surface area (Å²) in [6, 6.07) is 3.67. The van der Waals surface area contributed by atoms with Crippen LogP contribution >= 0.6 is 11.6 Å². The molecule has 78 valence electrons. The van der Waals surface area contributed by atoms with Gasteiger partial charge in [0.2, 0.25) is 0 Å². The lowest BCUT2D eigenvalue weighted by Gasteiger charge is -2.19. The number of hydrogen-bond donors (Lipinski definition) is 2. The molecule has 0 aliphatic carbocycles. The minimum atomic E-state index is -0.365. The van der Waals surface area contributed by atoms with Gasteiger partial charge in [0.25, 0.3) is 0 Å². The van der Waals surface area contributed by atoms with Crippen LogP contribution in [0.5, 0.6) is 0 Å². The minimum absolute atomic E-state index is 0.155. The maximum Gasteiger partial charge on any atom is 0.124 e. The molecule has 4 heteroatoms. The van der Waals surface area contributed by atoms with Crippen LogP contribution in [0.25, 0.3) is 0 Å². The van der Waals surface area contributed by atoms with E-state index in [0.717, 1.165) is 6.42 Å². The number of halogens is 2. The van der Waals surface area contributed by atoms with Gasteiger partial charge < -0.3 is 11.5 Å². The number of benzene rings is 1. The molecule has 0 saturated heterocycles. The SMILES string of the molecule is CC[C@H](N)[C@@H](N)c1ccc(F)cc1Cl. The van der Waals surface area contributed by atoms with Crippen molar-refractivity contribution < 1.29 is 4.39 Å². The van der Waals surface area contributed by atoms with Crippen molar-refractivity contribution in [3.63, 3.8) is 0 Å². The third-order valence-corrected chi connectivity index (χ3v) is 2.58. The van der Waals surface area contributed by atoms with Gasteiger partial charge in [0, 0.05) is 17.1 Å². The van der Waals surface area contributed by atoms with Crippen LogP contribution in [0.15, 0.2) is 18.2 Å². The van der Waals surface area contributed by atoms with Gasteiger partial charge in [0.1, 0.15) is 5.82 Å². The van der Waals surface area contributed by atoms with Gasteiger partial charge in [0.15, 0.2) is 0 Å². The zero-order valence-corrected chi connectivity index (χ0v) is 8.76. The van der Waals surface area contributed by atoms with Gasteiger partial charge in [-0.2, -0.15) is 0 Å². The number of rotatable bonds is 3. The van der Waals surface area contributed by atoms with Crippen molar-refractivity contribution in [3.05, 3.63) is 34.6 Å². The molecule has 0 heterocycles. The Morgan fingerprint density at radius 3 is 2.57 bits per heavy atom. The standard InChI is InChI=1S/C10H14ClFN2/c1-2-9(13)10(14)7-4-3-6(12)5-8(7)11/h3-5,9-10H,2,13-14H2,1H3/t9-,10-/m0/s1. The molecule has 1 rings (SSSR count). The van der Waals surface area contributed by atoms with Crippen molar-refractivity contribution in [3.8, 4) is 0 Å². The molecule has 1 aromatic carbocycles. The molecule has 0 spiro atoms. The van der Waals surface area contributed by atoms with Crippen molar-refractivity contribution >= 4 is 11.6 Å². The highest BCUT2D eigenvalue weighted by molar-refractivity contribution is 6.31. The normalized spacial score (nSPS) is 15.2. The van der Waals surface area contributed by atoms with Crippen molar-refractivity contribution in [1.29, 1.82) is 0 Å². The van der Waals surface area contributed by atoms with E-state index in [1.807, 2.05) is 6.92 Å². The average Bonchev–Trinajstić information content (AvgIpc) is 2.15. The maximum absolute atomic E-state index is 12.7. The Labute approximate surface area is 88.0 Å². The molecule has 2 atom stereocenters. The third-order valence-electron chi connectivity index (χ3n) is 2.25. The Morgan fingerprint density at radius 1 is 1.43 bits per heavy atom. The van der Waals surface area contributed by atoms with Crippen LogP contribution in [-0.4, -0.2) is 6.04 Å². The largest absolute Gasteiger partial charge is 0.326 e. The van der Waals surface area contributed by atoms with Crippen LogP contribution in [0.2, 0.25) is 5.02 Å². The fourth-order valence-corrected chi connectivity index (χ4v) is 1.55. The average molecular weight is 217 g/mol. The van der Waals surface area contributed by atoms with E-state index in [9.17, 15) is 4.39 Å². The van der Waals surface area contributed by atoms with E-state index < -0.39 is 0 Å². The maximum atomic E-state index is 12.7. The first kappa shape index (κ1) is 11.4. The quantitative estimate of drug-likeness (QED) is 0.814. The summed E-state index contributed by atoms with van der Waals surface area (Å²) in [5.74, 6) is -0.365. The lowest BCUT2D eigenvalue weighted by atomic mass is 9.99. The summed E-state index contributed by atoms with van der Waals surface area (Å²) < 4.78 is 12.7. The molecule has 0 bridgehead atoms. The van der Waals surface area contributed by atoms with E-state index >= 15 is 0 Å². The van der Waals surface area contributed by atoms with Crippen molar-refractivity contribution in [1.82, 2.24) is 0 Å². The molecular formula is C10H14ClFN2. The molecule has 0 aromatic heterocycles. The van der Waals surface area contributed by atoms with Gasteiger partial charge in [-0.25, -0.2) is 4.39 Å². The Hall–Kier alpha value is -0.640. The minimum Gasteiger partial charge on any atom is -0.326 e. The highest BCUT2D eigenvalue weighted by atomic mass is 35.5. The molecule has 0 aliphatic heterocycles. The van der Waals surface area contributed by atoms with Crippen molar-refractivity contribution in [2.24, 2.45) is 11.5 Å². The fraction of sp³-hybridized carbons (Fsp3) is 0.400. The second-order valence-electron chi connectivity index (χ2n) is 3.26. The molecule has 2 nitrogen and oxygen atoms in total. The van der Waals surface area contributed by atoms with Crippen LogP contribution in [0, 0.1) is 5.82 Å². The first-order valence-electron chi connectivity index (χ1n) is 4.52. The highest BCUT2D eigenvalue weighted by Gasteiger charge is 2.16. The van der Waals surface area contributed by atoms with Gasteiger partial charge in [-0.15, -0.1) is 0 Å². The van der Waals surface area contributed by atoms with Crippen LogP contribution < -0.4 is 11.5 Å². The van der Waals surface area contributed by atoms with Gasteiger partial charge in [-0.1, -0.05) is 24.6 Å². The predicted molar refractivity (Wildman–Crippen MR) is 56.6 cm³/mol. The summed E-state index contributed by atoms with van der Waals surface area (Å²) in [6.45, 7) is 1.95. The lowest BCUT2D eigenvalue weighted by Crippen LogP contribution is -2.33. The molecule has 14 heavy (non-hydrogen) atoms. The Morgan fingerprint density at radius 2 is 2.07 bits per heavy atom. The summed E-state index contributed by atoms with van der Waals surface area (Å²) in [6.07, 6.45) is 0.759. The molecule has 4 N–H and O–H groups in total. The first-order valence-corrected chi connectivity index (χ1v) is 4.90. The van der Waals surface area contributed by atoms with Crippen LogP contribution in [0.4, 0.5) is 4.39 Å². The summed E-state index contributed by atoms with van der Waals surface area (Å²) in [5.41, 5.74) is 12.3. The van der Waals surface area contributed by atoms with E-state index in [0.29, 0.717) is 10.6 Å². The summed E-state index contributed by atoms with van der Waals surface area (Å²) in [5, 5.41) is 0.335. The van der Waals surface area contributed by atoms with E-state index in [1.165, 1.54) is 12.1 Å². The van der Waals surface area contributed by atoms with Crippen molar-refractivity contribution in [2.75, 3.05) is 0 Å². The Balaban J connectivity index is 2.95. The van der Waals surface area contributed by atoms with Gasteiger partial charge >= 0.3 is 0 Å². The molecule has 0 fully saturated rings. The molecule has 0 saturated carbocycles. The number of nitrogens with two attached hydrogens (primary N) is 2. The number of hydrogen-bond acceptors (Lipinski definition) is 2. The molecule has 0 amide bonds. The molecule has 0 radical (unpaired) electrons. The Kier molecular flexibility index (Phi) is 3.86. The highest BCUT2D eigenvalue weighted by Crippen LogP contribution is 2.24. The fourth-order valence-electron chi connectivity index (χ4n) is 1.26. The van der Waals surface area contributed by atoms with E-state index in [2.05, 4.69) is 0 Å². The lowest BCUT2D eigenvalue weighted by molar-refractivity contribution is 0.531. The second-order valence-corrected chi connectivity index (χ2v) is 3.67. The monoisotopic (exact) mass is 216 g/mol. The zero-order chi connectivity index (χ0) is 10.7. The van der Waals surface area contributed by atoms with Crippen molar-refractivity contribution in [2.45, 2.75) is 25.4 Å². The predicted octanol–water partition coefficient (Wildman–Crippen LogP) is 2.22.